The second-order valence-corrected chi connectivity index (χ2v) is 6.75. The van der Waals surface area contributed by atoms with Gasteiger partial charge in [0.2, 0.25) is 5.91 Å². The highest BCUT2D eigenvalue weighted by Gasteiger charge is 2.34. The van der Waals surface area contributed by atoms with Crippen LogP contribution < -0.4 is 5.73 Å². The van der Waals surface area contributed by atoms with Crippen molar-refractivity contribution in [1.82, 2.24) is 4.90 Å². The number of hydrogen-bond donors (Lipinski definition) is 1. The molecule has 2 rings (SSSR count). The molecule has 1 saturated heterocycles. The van der Waals surface area contributed by atoms with Gasteiger partial charge in [0.25, 0.3) is 0 Å². The first kappa shape index (κ1) is 18.1. The minimum absolute atomic E-state index is 0.00655. The molecule has 2 N–H and O–H groups in total. The molecule has 0 aliphatic carbocycles. The number of carbonyl (C=O) groups is 2. The van der Waals surface area contributed by atoms with Crippen molar-refractivity contribution >= 4 is 69.7 Å². The van der Waals surface area contributed by atoms with Crippen LogP contribution in [0.5, 0.6) is 0 Å². The molecule has 1 fully saturated rings. The van der Waals surface area contributed by atoms with E-state index in [1.54, 1.807) is 4.90 Å². The minimum Gasteiger partial charge on any atom is -0.368 e. The van der Waals surface area contributed by atoms with Crippen LogP contribution in [-0.4, -0.2) is 29.7 Å². The Hall–Kier alpha value is -0.230. The van der Waals surface area contributed by atoms with Gasteiger partial charge in [0, 0.05) is 31.5 Å². The van der Waals surface area contributed by atoms with Crippen molar-refractivity contribution in [3.8, 4) is 0 Å². The molecule has 0 radical (unpaired) electrons. The van der Waals surface area contributed by atoms with E-state index in [1.807, 2.05) is 0 Å². The number of hydrogen-bond acceptors (Lipinski definition) is 3. The predicted octanol–water partition coefficient (Wildman–Crippen LogP) is 4.14. The van der Waals surface area contributed by atoms with Crippen LogP contribution >= 0.6 is 58.0 Å². The molecule has 1 unspecified atom stereocenters. The van der Waals surface area contributed by atoms with E-state index in [-0.39, 0.29) is 36.5 Å². The molecule has 9 heteroatoms. The van der Waals surface area contributed by atoms with Crippen molar-refractivity contribution in [2.45, 2.75) is 18.9 Å². The van der Waals surface area contributed by atoms with Crippen LogP contribution in [-0.2, 0) is 9.59 Å². The number of piperidine rings is 1. The zero-order valence-electron chi connectivity index (χ0n) is 11.1. The van der Waals surface area contributed by atoms with Gasteiger partial charge in [-0.1, -0.05) is 58.0 Å². The van der Waals surface area contributed by atoms with Gasteiger partial charge >= 0.3 is 0 Å². The predicted molar refractivity (Wildman–Crippen MR) is 89.2 cm³/mol. The summed E-state index contributed by atoms with van der Waals surface area (Å²) in [6.07, 6.45) is 0.655. The van der Waals surface area contributed by atoms with Gasteiger partial charge in [-0.2, -0.15) is 0 Å². The van der Waals surface area contributed by atoms with Crippen molar-refractivity contribution in [3.63, 3.8) is 0 Å². The highest BCUT2D eigenvalue weighted by atomic mass is 35.5. The van der Waals surface area contributed by atoms with Crippen LogP contribution in [0.3, 0.4) is 0 Å². The van der Waals surface area contributed by atoms with Crippen molar-refractivity contribution < 1.29 is 9.59 Å². The molecule has 1 heterocycles. The molecule has 1 atom stereocenters. The fourth-order valence-corrected chi connectivity index (χ4v) is 3.76. The number of likely N-dealkylation sites (tertiary alicyclic amines) is 1. The zero-order chi connectivity index (χ0) is 16.6. The molecular weight excluding hydrogens is 393 g/mol. The maximum atomic E-state index is 12.0. The van der Waals surface area contributed by atoms with Gasteiger partial charge in [-0.05, 0) is 0 Å². The average Bonchev–Trinajstić information content (AvgIpc) is 2.48. The second kappa shape index (κ2) is 7.12. The third kappa shape index (κ3) is 3.32. The number of amides is 1. The highest BCUT2D eigenvalue weighted by molar-refractivity contribution is 6.55. The van der Waals surface area contributed by atoms with Crippen LogP contribution in [0.15, 0.2) is 0 Å². The topological polar surface area (TPSA) is 63.4 Å². The number of Topliss-reactive ketones (excluding diaryl/α,β-unsaturated/α-hetero) is 1. The Morgan fingerprint density at radius 1 is 0.909 bits per heavy atom. The standard InChI is InChI=1S/C13H11Cl5N2O2/c14-7-6(8(15)10(17)11(18)9(7)16)12(13(19)22)20-3-1-5(21)2-4-20/h12H,1-4H2,(H2,19,22). The Kier molecular flexibility index (Phi) is 5.86. The van der Waals surface area contributed by atoms with Gasteiger partial charge in [0.1, 0.15) is 11.8 Å². The first-order valence-corrected chi connectivity index (χ1v) is 8.21. The van der Waals surface area contributed by atoms with Crippen LogP contribution in [0.2, 0.25) is 25.1 Å². The number of rotatable bonds is 3. The molecule has 1 aromatic rings. The summed E-state index contributed by atoms with van der Waals surface area (Å²) < 4.78 is 0. The lowest BCUT2D eigenvalue weighted by Crippen LogP contribution is -2.43. The van der Waals surface area contributed by atoms with E-state index in [2.05, 4.69) is 0 Å². The Balaban J connectivity index is 2.55. The summed E-state index contributed by atoms with van der Waals surface area (Å²) in [5.41, 5.74) is 5.72. The molecule has 1 aliphatic heterocycles. The third-order valence-electron chi connectivity index (χ3n) is 3.51. The summed E-state index contributed by atoms with van der Waals surface area (Å²) in [5, 5.41) is 0.0850. The van der Waals surface area contributed by atoms with E-state index in [9.17, 15) is 9.59 Å². The summed E-state index contributed by atoms with van der Waals surface area (Å²) in [6, 6.07) is -0.930. The number of carbonyl (C=O) groups excluding carboxylic acids is 2. The molecular formula is C13H11Cl5N2O2. The Morgan fingerprint density at radius 3 is 1.73 bits per heavy atom. The number of halogens is 5. The fraction of sp³-hybridized carbons (Fsp3) is 0.385. The van der Waals surface area contributed by atoms with Gasteiger partial charge < -0.3 is 5.73 Å². The second-order valence-electron chi connectivity index (χ2n) is 4.86. The molecule has 0 saturated carbocycles. The molecule has 22 heavy (non-hydrogen) atoms. The Morgan fingerprint density at radius 2 is 1.32 bits per heavy atom. The summed E-state index contributed by atoms with van der Waals surface area (Å²) in [6.45, 7) is 0.744. The lowest BCUT2D eigenvalue weighted by atomic mass is 10.0. The minimum atomic E-state index is -0.930. The van der Waals surface area contributed by atoms with Gasteiger partial charge in [-0.25, -0.2) is 0 Å². The number of benzene rings is 1. The first-order valence-electron chi connectivity index (χ1n) is 6.32. The van der Waals surface area contributed by atoms with E-state index in [0.717, 1.165) is 0 Å². The molecule has 4 nitrogen and oxygen atoms in total. The van der Waals surface area contributed by atoms with Crippen LogP contribution in [0.4, 0.5) is 0 Å². The van der Waals surface area contributed by atoms with Crippen LogP contribution in [0.1, 0.15) is 24.4 Å². The third-order valence-corrected chi connectivity index (χ3v) is 5.81. The SMILES string of the molecule is NC(=O)C(c1c(Cl)c(Cl)c(Cl)c(Cl)c1Cl)N1CCC(=O)CC1. The van der Waals surface area contributed by atoms with E-state index in [1.165, 1.54) is 0 Å². The van der Waals surface area contributed by atoms with Crippen molar-refractivity contribution in [2.24, 2.45) is 5.73 Å². The quantitative estimate of drug-likeness (QED) is 0.608. The normalized spacial score (nSPS) is 17.6. The summed E-state index contributed by atoms with van der Waals surface area (Å²) in [7, 11) is 0. The smallest absolute Gasteiger partial charge is 0.239 e. The van der Waals surface area contributed by atoms with Crippen LogP contribution in [0, 0.1) is 0 Å². The fourth-order valence-electron chi connectivity index (χ4n) is 2.40. The first-order chi connectivity index (χ1) is 10.3. The summed E-state index contributed by atoms with van der Waals surface area (Å²) in [5.74, 6) is -0.531. The largest absolute Gasteiger partial charge is 0.368 e. The molecule has 120 valence electrons. The average molecular weight is 405 g/mol. The zero-order valence-corrected chi connectivity index (χ0v) is 14.9. The monoisotopic (exact) mass is 402 g/mol. The highest BCUT2D eigenvalue weighted by Crippen LogP contribution is 2.47. The van der Waals surface area contributed by atoms with Crippen molar-refractivity contribution in [1.29, 1.82) is 0 Å². The maximum absolute atomic E-state index is 12.0. The molecule has 1 aromatic carbocycles. The van der Waals surface area contributed by atoms with Crippen molar-refractivity contribution in [2.75, 3.05) is 13.1 Å². The number of nitrogens with two attached hydrogens (primary N) is 1. The molecule has 0 spiro atoms. The Bertz CT molecular complexity index is 611. The van der Waals surface area contributed by atoms with Gasteiger partial charge in [-0.15, -0.1) is 0 Å². The molecule has 0 aromatic heterocycles. The van der Waals surface area contributed by atoms with Gasteiger partial charge in [0.05, 0.1) is 25.1 Å². The number of ketones is 1. The van der Waals surface area contributed by atoms with Gasteiger partial charge in [-0.3, -0.25) is 14.5 Å². The Labute approximate surface area is 152 Å². The summed E-state index contributed by atoms with van der Waals surface area (Å²) >= 11 is 30.4. The molecule has 1 amide bonds. The number of nitrogens with zero attached hydrogens (tertiary/aromatic N) is 1. The lowest BCUT2D eigenvalue weighted by Gasteiger charge is -2.33. The van der Waals surface area contributed by atoms with Gasteiger partial charge in [0.15, 0.2) is 0 Å². The number of primary amides is 1. The van der Waals surface area contributed by atoms with E-state index in [0.29, 0.717) is 25.9 Å². The maximum Gasteiger partial charge on any atom is 0.239 e. The van der Waals surface area contributed by atoms with E-state index >= 15 is 0 Å². The van der Waals surface area contributed by atoms with Crippen molar-refractivity contribution in [3.05, 3.63) is 30.7 Å². The molecule has 1 aliphatic rings. The van der Waals surface area contributed by atoms with E-state index < -0.39 is 11.9 Å². The van der Waals surface area contributed by atoms with Crippen LogP contribution in [0.25, 0.3) is 0 Å². The lowest BCUT2D eigenvalue weighted by molar-refractivity contribution is -0.128. The summed E-state index contributed by atoms with van der Waals surface area (Å²) in [4.78, 5) is 25.1. The van der Waals surface area contributed by atoms with E-state index in [4.69, 9.17) is 63.7 Å². The molecule has 0 bridgehead atoms.